The van der Waals surface area contributed by atoms with Gasteiger partial charge in [-0.3, -0.25) is 19.3 Å². The SMILES string of the molecule is O=C(Cc1ccc(N2CCCC2=O)cc1)N1CCN(CC(=O)N2CCOCC2)CC1. The van der Waals surface area contributed by atoms with E-state index in [1.807, 2.05) is 39.0 Å². The Bertz CT molecular complexity index is 768. The van der Waals surface area contributed by atoms with E-state index in [9.17, 15) is 14.4 Å². The van der Waals surface area contributed by atoms with Crippen molar-refractivity contribution in [3.63, 3.8) is 0 Å². The summed E-state index contributed by atoms with van der Waals surface area (Å²) >= 11 is 0. The molecule has 3 aliphatic heterocycles. The second kappa shape index (κ2) is 9.57. The van der Waals surface area contributed by atoms with Crippen molar-refractivity contribution >= 4 is 23.4 Å². The van der Waals surface area contributed by atoms with Crippen LogP contribution in [0.25, 0.3) is 0 Å². The lowest BCUT2D eigenvalue weighted by molar-refractivity contribution is -0.137. The lowest BCUT2D eigenvalue weighted by Crippen LogP contribution is -2.52. The van der Waals surface area contributed by atoms with Crippen molar-refractivity contribution in [1.29, 1.82) is 0 Å². The van der Waals surface area contributed by atoms with Crippen LogP contribution in [0.4, 0.5) is 5.69 Å². The lowest BCUT2D eigenvalue weighted by Gasteiger charge is -2.36. The maximum Gasteiger partial charge on any atom is 0.236 e. The molecule has 1 aromatic carbocycles. The first-order valence-electron chi connectivity index (χ1n) is 10.8. The second-order valence-electron chi connectivity index (χ2n) is 8.14. The van der Waals surface area contributed by atoms with Crippen molar-refractivity contribution in [2.45, 2.75) is 19.3 Å². The molecule has 0 unspecified atom stereocenters. The summed E-state index contributed by atoms with van der Waals surface area (Å²) in [7, 11) is 0. The van der Waals surface area contributed by atoms with E-state index in [1.54, 1.807) is 0 Å². The number of hydrogen-bond acceptors (Lipinski definition) is 5. The standard InChI is InChI=1S/C22H30N4O4/c27-20-2-1-7-26(20)19-5-3-18(4-6-19)16-21(28)24-10-8-23(9-11-24)17-22(29)25-12-14-30-15-13-25/h3-6H,1-2,7-17H2. The molecule has 0 atom stereocenters. The number of rotatable bonds is 5. The van der Waals surface area contributed by atoms with Crippen LogP contribution in [0.5, 0.6) is 0 Å². The van der Waals surface area contributed by atoms with E-state index >= 15 is 0 Å². The fourth-order valence-electron chi connectivity index (χ4n) is 4.26. The number of carbonyl (C=O) groups is 3. The van der Waals surface area contributed by atoms with Gasteiger partial charge in [-0.1, -0.05) is 12.1 Å². The van der Waals surface area contributed by atoms with Gasteiger partial charge in [-0.15, -0.1) is 0 Å². The Morgan fingerprint density at radius 1 is 0.833 bits per heavy atom. The van der Waals surface area contributed by atoms with Crippen molar-refractivity contribution in [2.75, 3.05) is 70.5 Å². The van der Waals surface area contributed by atoms with Crippen LogP contribution in [0.2, 0.25) is 0 Å². The van der Waals surface area contributed by atoms with Gasteiger partial charge in [-0.25, -0.2) is 0 Å². The number of ether oxygens (including phenoxy) is 1. The Morgan fingerprint density at radius 3 is 2.13 bits per heavy atom. The summed E-state index contributed by atoms with van der Waals surface area (Å²) in [5.41, 5.74) is 1.87. The molecule has 162 valence electrons. The van der Waals surface area contributed by atoms with E-state index in [0.29, 0.717) is 58.8 Å². The van der Waals surface area contributed by atoms with E-state index in [2.05, 4.69) is 4.90 Å². The first-order valence-corrected chi connectivity index (χ1v) is 10.8. The third-order valence-electron chi connectivity index (χ3n) is 6.12. The number of morpholine rings is 1. The molecule has 4 rings (SSSR count). The zero-order chi connectivity index (χ0) is 20.9. The molecule has 0 N–H and O–H groups in total. The third kappa shape index (κ3) is 4.99. The fourth-order valence-corrected chi connectivity index (χ4v) is 4.26. The van der Waals surface area contributed by atoms with E-state index in [4.69, 9.17) is 4.74 Å². The molecule has 8 nitrogen and oxygen atoms in total. The van der Waals surface area contributed by atoms with Crippen LogP contribution >= 0.6 is 0 Å². The quantitative estimate of drug-likeness (QED) is 0.696. The molecule has 0 aromatic heterocycles. The summed E-state index contributed by atoms with van der Waals surface area (Å²) in [5.74, 6) is 0.428. The average Bonchev–Trinajstić information content (AvgIpc) is 3.21. The molecule has 3 heterocycles. The van der Waals surface area contributed by atoms with Gasteiger partial charge in [0, 0.05) is 57.9 Å². The molecule has 3 saturated heterocycles. The van der Waals surface area contributed by atoms with Gasteiger partial charge >= 0.3 is 0 Å². The smallest absolute Gasteiger partial charge is 0.236 e. The predicted octanol–water partition coefficient (Wildman–Crippen LogP) is 0.359. The number of benzene rings is 1. The highest BCUT2D eigenvalue weighted by molar-refractivity contribution is 5.95. The molecule has 0 saturated carbocycles. The Balaban J connectivity index is 1.22. The van der Waals surface area contributed by atoms with E-state index in [0.717, 1.165) is 37.3 Å². The second-order valence-corrected chi connectivity index (χ2v) is 8.14. The van der Waals surface area contributed by atoms with Crippen molar-refractivity contribution in [1.82, 2.24) is 14.7 Å². The molecule has 0 radical (unpaired) electrons. The van der Waals surface area contributed by atoms with Gasteiger partial charge in [0.2, 0.25) is 17.7 Å². The van der Waals surface area contributed by atoms with Gasteiger partial charge in [-0.05, 0) is 24.1 Å². The van der Waals surface area contributed by atoms with Crippen LogP contribution < -0.4 is 4.90 Å². The molecule has 3 amide bonds. The van der Waals surface area contributed by atoms with Gasteiger partial charge < -0.3 is 19.4 Å². The maximum atomic E-state index is 12.7. The Kier molecular flexibility index (Phi) is 6.64. The van der Waals surface area contributed by atoms with Crippen LogP contribution in [0.15, 0.2) is 24.3 Å². The summed E-state index contributed by atoms with van der Waals surface area (Å²) in [6.07, 6.45) is 1.88. The summed E-state index contributed by atoms with van der Waals surface area (Å²) in [5, 5.41) is 0. The third-order valence-corrected chi connectivity index (χ3v) is 6.12. The van der Waals surface area contributed by atoms with E-state index in [-0.39, 0.29) is 17.7 Å². The molecule has 30 heavy (non-hydrogen) atoms. The van der Waals surface area contributed by atoms with Crippen molar-refractivity contribution in [3.05, 3.63) is 29.8 Å². The molecule has 3 fully saturated rings. The highest BCUT2D eigenvalue weighted by Gasteiger charge is 2.25. The van der Waals surface area contributed by atoms with Gasteiger partial charge in [0.1, 0.15) is 0 Å². The molecule has 1 aromatic rings. The Hall–Kier alpha value is -2.45. The maximum absolute atomic E-state index is 12.7. The molecule has 8 heteroatoms. The number of piperazine rings is 1. The van der Waals surface area contributed by atoms with Crippen LogP contribution in [0.1, 0.15) is 18.4 Å². The van der Waals surface area contributed by atoms with Crippen LogP contribution in [0.3, 0.4) is 0 Å². The minimum absolute atomic E-state index is 0.110. The molecule has 0 bridgehead atoms. The summed E-state index contributed by atoms with van der Waals surface area (Å²) < 4.78 is 5.30. The van der Waals surface area contributed by atoms with Gasteiger partial charge in [0.05, 0.1) is 26.2 Å². The average molecular weight is 415 g/mol. The Labute approximate surface area is 177 Å². The van der Waals surface area contributed by atoms with Gasteiger partial charge in [-0.2, -0.15) is 0 Å². The minimum Gasteiger partial charge on any atom is -0.378 e. The van der Waals surface area contributed by atoms with E-state index in [1.165, 1.54) is 0 Å². The van der Waals surface area contributed by atoms with Gasteiger partial charge in [0.15, 0.2) is 0 Å². The monoisotopic (exact) mass is 414 g/mol. The van der Waals surface area contributed by atoms with Crippen molar-refractivity contribution < 1.29 is 19.1 Å². The van der Waals surface area contributed by atoms with Crippen LogP contribution in [0, 0.1) is 0 Å². The number of nitrogens with zero attached hydrogens (tertiary/aromatic N) is 4. The zero-order valence-corrected chi connectivity index (χ0v) is 17.4. The predicted molar refractivity (Wildman–Crippen MR) is 112 cm³/mol. The minimum atomic E-state index is 0.110. The number of amides is 3. The molecular weight excluding hydrogens is 384 g/mol. The summed E-state index contributed by atoms with van der Waals surface area (Å²) in [6.45, 7) is 6.49. The van der Waals surface area contributed by atoms with Crippen molar-refractivity contribution in [2.24, 2.45) is 0 Å². The highest BCUT2D eigenvalue weighted by Crippen LogP contribution is 2.22. The normalized spacial score (nSPS) is 20.7. The summed E-state index contributed by atoms with van der Waals surface area (Å²) in [6, 6.07) is 7.74. The largest absolute Gasteiger partial charge is 0.378 e. The van der Waals surface area contributed by atoms with E-state index < -0.39 is 0 Å². The molecule has 0 aliphatic carbocycles. The first-order chi connectivity index (χ1) is 14.6. The molecule has 3 aliphatic rings. The van der Waals surface area contributed by atoms with Crippen molar-refractivity contribution in [3.8, 4) is 0 Å². The van der Waals surface area contributed by atoms with Crippen LogP contribution in [-0.2, 0) is 25.5 Å². The summed E-state index contributed by atoms with van der Waals surface area (Å²) in [4.78, 5) is 44.6. The highest BCUT2D eigenvalue weighted by atomic mass is 16.5. The topological polar surface area (TPSA) is 73.4 Å². The first kappa shape index (κ1) is 20.8. The zero-order valence-electron chi connectivity index (χ0n) is 17.4. The van der Waals surface area contributed by atoms with Crippen LogP contribution in [-0.4, -0.2) is 98.0 Å². The number of carbonyl (C=O) groups excluding carboxylic acids is 3. The van der Waals surface area contributed by atoms with Gasteiger partial charge in [0.25, 0.3) is 0 Å². The Morgan fingerprint density at radius 2 is 1.50 bits per heavy atom. The fraction of sp³-hybridized carbons (Fsp3) is 0.591. The molecule has 0 spiro atoms. The number of hydrogen-bond donors (Lipinski definition) is 0. The lowest BCUT2D eigenvalue weighted by atomic mass is 10.1. The number of anilines is 1. The molecular formula is C22H30N4O4.